The molecule has 7 heteroatoms. The summed E-state index contributed by atoms with van der Waals surface area (Å²) < 4.78 is 38.4. The Morgan fingerprint density at radius 3 is 2.33 bits per heavy atom. The number of pyridine rings is 1. The van der Waals surface area contributed by atoms with E-state index in [0.29, 0.717) is 13.1 Å². The Morgan fingerprint density at radius 1 is 1.29 bits per heavy atom. The molecule has 2 N–H and O–H groups in total. The van der Waals surface area contributed by atoms with Gasteiger partial charge in [0.25, 0.3) is 5.91 Å². The van der Waals surface area contributed by atoms with Crippen LogP contribution in [0.25, 0.3) is 0 Å². The van der Waals surface area contributed by atoms with E-state index < -0.39 is 17.8 Å². The number of nitrogens with zero attached hydrogens (tertiary/aromatic N) is 2. The van der Waals surface area contributed by atoms with Gasteiger partial charge < -0.3 is 10.6 Å². The number of primary amides is 1. The van der Waals surface area contributed by atoms with Crippen molar-refractivity contribution < 1.29 is 18.0 Å². The highest BCUT2D eigenvalue weighted by Gasteiger charge is 2.35. The van der Waals surface area contributed by atoms with Crippen LogP contribution in [0.4, 0.5) is 19.0 Å². The zero-order valence-corrected chi connectivity index (χ0v) is 12.0. The smallest absolute Gasteiger partial charge is 0.365 e. The molecule has 1 saturated heterocycles. The second kappa shape index (κ2) is 5.20. The highest BCUT2D eigenvalue weighted by Crippen LogP contribution is 2.35. The van der Waals surface area contributed by atoms with Gasteiger partial charge in [0.05, 0.1) is 5.56 Å². The number of carbonyl (C=O) groups is 1. The highest BCUT2D eigenvalue weighted by molar-refractivity contribution is 5.97. The summed E-state index contributed by atoms with van der Waals surface area (Å²) in [6, 6.07) is 1.89. The first-order chi connectivity index (χ1) is 9.60. The molecule has 0 saturated carbocycles. The summed E-state index contributed by atoms with van der Waals surface area (Å²) in [6.07, 6.45) is -2.90. The standard InChI is InChI=1S/C14H18F3N3O/c1-13(2)5-7-20(8-6-13)12-9(11(18)21)3-4-10(19-12)14(15,16)17/h3-4H,5-8H2,1-2H3,(H2,18,21). The largest absolute Gasteiger partial charge is 0.433 e. The van der Waals surface area contributed by atoms with Gasteiger partial charge in [-0.15, -0.1) is 0 Å². The van der Waals surface area contributed by atoms with Crippen LogP contribution < -0.4 is 10.6 Å². The molecule has 116 valence electrons. The maximum Gasteiger partial charge on any atom is 0.433 e. The molecule has 4 nitrogen and oxygen atoms in total. The molecular formula is C14H18F3N3O. The monoisotopic (exact) mass is 301 g/mol. The zero-order valence-electron chi connectivity index (χ0n) is 12.0. The molecule has 0 aliphatic carbocycles. The topological polar surface area (TPSA) is 59.2 Å². The van der Waals surface area contributed by atoms with Crippen LogP contribution in [-0.2, 0) is 6.18 Å². The molecule has 0 unspecified atom stereocenters. The highest BCUT2D eigenvalue weighted by atomic mass is 19.4. The van der Waals surface area contributed by atoms with Crippen molar-refractivity contribution in [2.75, 3.05) is 18.0 Å². The van der Waals surface area contributed by atoms with Gasteiger partial charge in [-0.3, -0.25) is 4.79 Å². The predicted molar refractivity (Wildman–Crippen MR) is 73.0 cm³/mol. The molecule has 0 aromatic carbocycles. The fourth-order valence-corrected chi connectivity index (χ4v) is 2.36. The average molecular weight is 301 g/mol. The van der Waals surface area contributed by atoms with Gasteiger partial charge in [-0.1, -0.05) is 13.8 Å². The van der Waals surface area contributed by atoms with E-state index in [1.807, 2.05) is 0 Å². The Hall–Kier alpha value is -1.79. The van der Waals surface area contributed by atoms with Crippen LogP contribution in [-0.4, -0.2) is 24.0 Å². The lowest BCUT2D eigenvalue weighted by atomic mass is 9.82. The summed E-state index contributed by atoms with van der Waals surface area (Å²) >= 11 is 0. The maximum atomic E-state index is 12.8. The van der Waals surface area contributed by atoms with E-state index >= 15 is 0 Å². The first-order valence-electron chi connectivity index (χ1n) is 6.73. The Labute approximate surface area is 121 Å². The summed E-state index contributed by atoms with van der Waals surface area (Å²) in [5.74, 6) is -0.733. The number of amides is 1. The summed E-state index contributed by atoms with van der Waals surface area (Å²) in [4.78, 5) is 16.8. The third-order valence-electron chi connectivity index (χ3n) is 3.85. The minimum Gasteiger partial charge on any atom is -0.365 e. The van der Waals surface area contributed by atoms with E-state index in [4.69, 9.17) is 5.73 Å². The zero-order chi connectivity index (χ0) is 15.8. The van der Waals surface area contributed by atoms with Crippen LogP contribution in [0.1, 0.15) is 42.7 Å². The number of halogens is 3. The van der Waals surface area contributed by atoms with Gasteiger partial charge in [0.2, 0.25) is 0 Å². The lowest BCUT2D eigenvalue weighted by Crippen LogP contribution is -2.39. The van der Waals surface area contributed by atoms with Crippen molar-refractivity contribution in [2.45, 2.75) is 32.9 Å². The van der Waals surface area contributed by atoms with E-state index in [1.54, 1.807) is 4.90 Å². The average Bonchev–Trinajstić information content (AvgIpc) is 2.37. The number of anilines is 1. The quantitative estimate of drug-likeness (QED) is 0.913. The minimum atomic E-state index is -4.54. The summed E-state index contributed by atoms with van der Waals surface area (Å²) in [5.41, 5.74) is 4.41. The van der Waals surface area contributed by atoms with Crippen molar-refractivity contribution in [1.82, 2.24) is 4.98 Å². The normalized spacial score (nSPS) is 18.6. The Balaban J connectivity index is 2.38. The van der Waals surface area contributed by atoms with E-state index in [1.165, 1.54) is 0 Å². The number of carbonyl (C=O) groups excluding carboxylic acids is 1. The molecular weight excluding hydrogens is 283 g/mol. The van der Waals surface area contributed by atoms with E-state index in [2.05, 4.69) is 18.8 Å². The van der Waals surface area contributed by atoms with E-state index in [9.17, 15) is 18.0 Å². The van der Waals surface area contributed by atoms with Crippen molar-refractivity contribution in [3.8, 4) is 0 Å². The molecule has 1 aromatic rings. The van der Waals surface area contributed by atoms with Gasteiger partial charge in [-0.25, -0.2) is 4.98 Å². The SMILES string of the molecule is CC1(C)CCN(c2nc(C(F)(F)F)ccc2C(N)=O)CC1. The molecule has 1 aliphatic heterocycles. The van der Waals surface area contributed by atoms with Crippen LogP contribution in [0.5, 0.6) is 0 Å². The van der Waals surface area contributed by atoms with Gasteiger partial charge in [0.1, 0.15) is 11.5 Å². The Kier molecular flexibility index (Phi) is 3.86. The second-order valence-electron chi connectivity index (χ2n) is 6.08. The van der Waals surface area contributed by atoms with Crippen molar-refractivity contribution >= 4 is 11.7 Å². The van der Waals surface area contributed by atoms with Gasteiger partial charge in [0, 0.05) is 13.1 Å². The Morgan fingerprint density at radius 2 is 1.86 bits per heavy atom. The summed E-state index contributed by atoms with van der Waals surface area (Å²) in [7, 11) is 0. The number of hydrogen-bond donors (Lipinski definition) is 1. The number of rotatable bonds is 2. The number of nitrogens with two attached hydrogens (primary N) is 1. The van der Waals surface area contributed by atoms with Crippen LogP contribution in [0.3, 0.4) is 0 Å². The van der Waals surface area contributed by atoms with Crippen LogP contribution in [0.15, 0.2) is 12.1 Å². The number of piperidine rings is 1. The number of alkyl halides is 3. The molecule has 0 atom stereocenters. The van der Waals surface area contributed by atoms with Crippen molar-refractivity contribution in [3.05, 3.63) is 23.4 Å². The van der Waals surface area contributed by atoms with E-state index in [0.717, 1.165) is 25.0 Å². The first-order valence-corrected chi connectivity index (χ1v) is 6.73. The summed E-state index contributed by atoms with van der Waals surface area (Å²) in [6.45, 7) is 5.33. The molecule has 1 aromatic heterocycles. The minimum absolute atomic E-state index is 0.0303. The van der Waals surface area contributed by atoms with Gasteiger partial charge in [-0.05, 0) is 30.4 Å². The molecule has 21 heavy (non-hydrogen) atoms. The Bertz CT molecular complexity index is 545. The molecule has 1 fully saturated rings. The molecule has 1 amide bonds. The molecule has 2 heterocycles. The van der Waals surface area contributed by atoms with Crippen molar-refractivity contribution in [2.24, 2.45) is 11.1 Å². The van der Waals surface area contributed by atoms with Crippen LogP contribution in [0, 0.1) is 5.41 Å². The third-order valence-corrected chi connectivity index (χ3v) is 3.85. The second-order valence-corrected chi connectivity index (χ2v) is 6.08. The van der Waals surface area contributed by atoms with Gasteiger partial charge >= 0.3 is 6.18 Å². The fourth-order valence-electron chi connectivity index (χ4n) is 2.36. The molecule has 0 bridgehead atoms. The van der Waals surface area contributed by atoms with Gasteiger partial charge in [-0.2, -0.15) is 13.2 Å². The lowest BCUT2D eigenvalue weighted by molar-refractivity contribution is -0.141. The third kappa shape index (κ3) is 3.46. The van der Waals surface area contributed by atoms with Gasteiger partial charge in [0.15, 0.2) is 0 Å². The predicted octanol–water partition coefficient (Wildman–Crippen LogP) is 2.83. The van der Waals surface area contributed by atoms with Crippen molar-refractivity contribution in [1.29, 1.82) is 0 Å². The maximum absolute atomic E-state index is 12.8. The van der Waals surface area contributed by atoms with E-state index in [-0.39, 0.29) is 16.8 Å². The molecule has 0 radical (unpaired) electrons. The van der Waals surface area contributed by atoms with Crippen LogP contribution in [0.2, 0.25) is 0 Å². The molecule has 0 spiro atoms. The van der Waals surface area contributed by atoms with Crippen molar-refractivity contribution in [3.63, 3.8) is 0 Å². The van der Waals surface area contributed by atoms with Crippen LogP contribution >= 0.6 is 0 Å². The molecule has 2 rings (SSSR count). The number of hydrogen-bond acceptors (Lipinski definition) is 3. The number of aromatic nitrogens is 1. The lowest BCUT2D eigenvalue weighted by Gasteiger charge is -2.38. The molecule has 1 aliphatic rings. The fraction of sp³-hybridized carbons (Fsp3) is 0.571. The summed E-state index contributed by atoms with van der Waals surface area (Å²) in [5, 5.41) is 0. The first kappa shape index (κ1) is 15.6.